The molecule has 9 heteroatoms. The van der Waals surface area contributed by atoms with E-state index in [0.29, 0.717) is 11.8 Å². The van der Waals surface area contributed by atoms with E-state index in [1.165, 1.54) is 30.3 Å². The van der Waals surface area contributed by atoms with Crippen LogP contribution in [0.4, 0.5) is 18.0 Å². The number of halogens is 3. The third kappa shape index (κ3) is 4.09. The van der Waals surface area contributed by atoms with Gasteiger partial charge in [-0.1, -0.05) is 24.3 Å². The standard InChI is InChI=1S/C19H13F3N2O3S/c20-13-6-2-1-4-11(13)10-15-18(26)24(19(27)28-15)9-8-23-17(25)12-5-3-7-14(21)16(12)22/h1-7,10H,8-9H2,(H,23,25). The molecule has 1 heterocycles. The maximum absolute atomic E-state index is 13.7. The zero-order chi connectivity index (χ0) is 20.3. The Morgan fingerprint density at radius 3 is 2.50 bits per heavy atom. The predicted octanol–water partition coefficient (Wildman–Crippen LogP) is 3.57. The van der Waals surface area contributed by atoms with Crippen molar-refractivity contribution >= 4 is 34.9 Å². The van der Waals surface area contributed by atoms with Gasteiger partial charge in [0.05, 0.1) is 10.5 Å². The number of thioether (sulfide) groups is 1. The number of hydrogen-bond acceptors (Lipinski definition) is 4. The van der Waals surface area contributed by atoms with E-state index in [1.807, 2.05) is 0 Å². The minimum Gasteiger partial charge on any atom is -0.350 e. The zero-order valence-corrected chi connectivity index (χ0v) is 15.1. The normalized spacial score (nSPS) is 15.4. The van der Waals surface area contributed by atoms with Crippen molar-refractivity contribution in [3.63, 3.8) is 0 Å². The first kappa shape index (κ1) is 19.7. The quantitative estimate of drug-likeness (QED) is 0.771. The number of amides is 3. The molecule has 1 saturated heterocycles. The molecule has 3 rings (SSSR count). The van der Waals surface area contributed by atoms with Crippen LogP contribution in [0.5, 0.6) is 0 Å². The smallest absolute Gasteiger partial charge is 0.293 e. The third-order valence-electron chi connectivity index (χ3n) is 3.88. The highest BCUT2D eigenvalue weighted by Crippen LogP contribution is 2.32. The lowest BCUT2D eigenvalue weighted by Crippen LogP contribution is -2.37. The number of carbonyl (C=O) groups is 3. The van der Waals surface area contributed by atoms with E-state index in [-0.39, 0.29) is 23.6 Å². The number of hydrogen-bond donors (Lipinski definition) is 1. The van der Waals surface area contributed by atoms with Gasteiger partial charge in [-0.3, -0.25) is 19.3 Å². The molecule has 0 atom stereocenters. The van der Waals surface area contributed by atoms with E-state index >= 15 is 0 Å². The van der Waals surface area contributed by atoms with Crippen LogP contribution in [0.25, 0.3) is 6.08 Å². The first-order chi connectivity index (χ1) is 13.4. The zero-order valence-electron chi connectivity index (χ0n) is 14.2. The van der Waals surface area contributed by atoms with Crippen LogP contribution >= 0.6 is 11.8 Å². The summed E-state index contributed by atoms with van der Waals surface area (Å²) in [5.41, 5.74) is -0.309. The molecule has 0 bridgehead atoms. The summed E-state index contributed by atoms with van der Waals surface area (Å²) in [5, 5.41) is 1.76. The molecule has 144 valence electrons. The molecule has 2 aromatic carbocycles. The molecule has 28 heavy (non-hydrogen) atoms. The van der Waals surface area contributed by atoms with Crippen LogP contribution in [0.15, 0.2) is 47.4 Å². The predicted molar refractivity (Wildman–Crippen MR) is 97.8 cm³/mol. The number of benzene rings is 2. The molecular formula is C19H13F3N2O3S. The van der Waals surface area contributed by atoms with Crippen LogP contribution < -0.4 is 5.32 Å². The fourth-order valence-corrected chi connectivity index (χ4v) is 3.34. The summed E-state index contributed by atoms with van der Waals surface area (Å²) in [6.45, 7) is -0.318. The fraction of sp³-hybridized carbons (Fsp3) is 0.105. The van der Waals surface area contributed by atoms with Crippen LogP contribution in [0, 0.1) is 17.5 Å². The number of nitrogens with zero attached hydrogens (tertiary/aromatic N) is 1. The van der Waals surface area contributed by atoms with Crippen LogP contribution in [-0.4, -0.2) is 35.0 Å². The van der Waals surface area contributed by atoms with Gasteiger partial charge >= 0.3 is 0 Å². The maximum Gasteiger partial charge on any atom is 0.293 e. The highest BCUT2D eigenvalue weighted by atomic mass is 32.2. The van der Waals surface area contributed by atoms with Gasteiger partial charge in [0, 0.05) is 18.7 Å². The Bertz CT molecular complexity index is 994. The van der Waals surface area contributed by atoms with Crippen molar-refractivity contribution in [2.24, 2.45) is 0 Å². The van der Waals surface area contributed by atoms with Gasteiger partial charge in [-0.25, -0.2) is 13.2 Å². The van der Waals surface area contributed by atoms with Crippen LogP contribution in [0.2, 0.25) is 0 Å². The molecule has 0 saturated carbocycles. The van der Waals surface area contributed by atoms with Gasteiger partial charge in [-0.2, -0.15) is 0 Å². The maximum atomic E-state index is 13.7. The molecule has 5 nitrogen and oxygen atoms in total. The molecule has 0 aliphatic carbocycles. The minimum absolute atomic E-state index is 0.0533. The first-order valence-electron chi connectivity index (χ1n) is 8.10. The highest BCUT2D eigenvalue weighted by Gasteiger charge is 2.34. The lowest BCUT2D eigenvalue weighted by atomic mass is 10.2. The Kier molecular flexibility index (Phi) is 5.84. The largest absolute Gasteiger partial charge is 0.350 e. The van der Waals surface area contributed by atoms with E-state index in [0.717, 1.165) is 17.0 Å². The number of carbonyl (C=O) groups excluding carboxylic acids is 3. The second kappa shape index (κ2) is 8.30. The van der Waals surface area contributed by atoms with Crippen LogP contribution in [0.1, 0.15) is 15.9 Å². The molecule has 0 aromatic heterocycles. The van der Waals surface area contributed by atoms with Crippen LogP contribution in [0.3, 0.4) is 0 Å². The SMILES string of the molecule is O=C(NCCN1C(=O)SC(=Cc2ccccc2F)C1=O)c1cccc(F)c1F. The van der Waals surface area contributed by atoms with Gasteiger partial charge in [0.2, 0.25) is 0 Å². The second-order valence-corrected chi connectivity index (χ2v) is 6.71. The average molecular weight is 406 g/mol. The Morgan fingerprint density at radius 2 is 1.75 bits per heavy atom. The molecule has 3 amide bonds. The number of imide groups is 1. The van der Waals surface area contributed by atoms with Crippen molar-refractivity contribution in [3.05, 3.63) is 75.9 Å². The lowest BCUT2D eigenvalue weighted by molar-refractivity contribution is -0.122. The van der Waals surface area contributed by atoms with Crippen molar-refractivity contribution in [1.82, 2.24) is 10.2 Å². The lowest BCUT2D eigenvalue weighted by Gasteiger charge is -2.13. The summed E-state index contributed by atoms with van der Waals surface area (Å²) in [6.07, 6.45) is 1.28. The summed E-state index contributed by atoms with van der Waals surface area (Å²) in [5.74, 6) is -4.45. The van der Waals surface area contributed by atoms with Crippen molar-refractivity contribution in [3.8, 4) is 0 Å². The van der Waals surface area contributed by atoms with E-state index in [1.54, 1.807) is 6.07 Å². The molecule has 0 radical (unpaired) electrons. The second-order valence-electron chi connectivity index (χ2n) is 5.71. The molecule has 0 unspecified atom stereocenters. The van der Waals surface area contributed by atoms with Crippen molar-refractivity contribution < 1.29 is 27.6 Å². The number of rotatable bonds is 5. The molecule has 1 N–H and O–H groups in total. The van der Waals surface area contributed by atoms with Crippen LogP contribution in [-0.2, 0) is 4.79 Å². The summed E-state index contributed by atoms with van der Waals surface area (Å²) in [4.78, 5) is 37.2. The van der Waals surface area contributed by atoms with Crippen molar-refractivity contribution in [2.45, 2.75) is 0 Å². The molecule has 1 aliphatic heterocycles. The molecular weight excluding hydrogens is 393 g/mol. The Hall–Kier alpha value is -3.07. The Morgan fingerprint density at radius 1 is 1.04 bits per heavy atom. The van der Waals surface area contributed by atoms with Gasteiger partial charge in [0.25, 0.3) is 17.1 Å². The van der Waals surface area contributed by atoms with Gasteiger partial charge in [-0.05, 0) is 36.0 Å². The minimum atomic E-state index is -1.28. The topological polar surface area (TPSA) is 66.5 Å². The summed E-state index contributed by atoms with van der Waals surface area (Å²) in [6, 6.07) is 8.99. The van der Waals surface area contributed by atoms with E-state index in [2.05, 4.69) is 5.32 Å². The van der Waals surface area contributed by atoms with Crippen molar-refractivity contribution in [1.29, 1.82) is 0 Å². The van der Waals surface area contributed by atoms with E-state index in [9.17, 15) is 27.6 Å². The first-order valence-corrected chi connectivity index (χ1v) is 8.92. The van der Waals surface area contributed by atoms with E-state index in [4.69, 9.17) is 0 Å². The molecule has 1 aliphatic rings. The fourth-order valence-electron chi connectivity index (χ4n) is 2.48. The molecule has 0 spiro atoms. The van der Waals surface area contributed by atoms with Gasteiger partial charge in [-0.15, -0.1) is 0 Å². The van der Waals surface area contributed by atoms with Gasteiger partial charge in [0.1, 0.15) is 5.82 Å². The third-order valence-corrected chi connectivity index (χ3v) is 4.79. The monoisotopic (exact) mass is 406 g/mol. The highest BCUT2D eigenvalue weighted by molar-refractivity contribution is 8.18. The summed E-state index contributed by atoms with van der Waals surface area (Å²) in [7, 11) is 0. The van der Waals surface area contributed by atoms with E-state index < -0.39 is 40.1 Å². The molecule has 1 fully saturated rings. The Balaban J connectivity index is 1.63. The van der Waals surface area contributed by atoms with Crippen molar-refractivity contribution in [2.75, 3.05) is 13.1 Å². The average Bonchev–Trinajstić information content (AvgIpc) is 2.93. The summed E-state index contributed by atoms with van der Waals surface area (Å²) >= 11 is 0.655. The van der Waals surface area contributed by atoms with Gasteiger partial charge < -0.3 is 5.32 Å². The summed E-state index contributed by atoms with van der Waals surface area (Å²) < 4.78 is 40.5. The number of nitrogens with one attached hydrogen (secondary N) is 1. The Labute approximate surface area is 162 Å². The van der Waals surface area contributed by atoms with Gasteiger partial charge in [0.15, 0.2) is 11.6 Å². The molecule has 2 aromatic rings.